The summed E-state index contributed by atoms with van der Waals surface area (Å²) in [4.78, 5) is 41.1. The molecule has 2 aliphatic rings. The summed E-state index contributed by atoms with van der Waals surface area (Å²) in [7, 11) is 0. The summed E-state index contributed by atoms with van der Waals surface area (Å²) in [6.45, 7) is 1.32. The van der Waals surface area contributed by atoms with Crippen molar-refractivity contribution in [2.75, 3.05) is 19.8 Å². The molecular formula is C14H16O10. The van der Waals surface area contributed by atoms with Crippen LogP contribution in [-0.2, 0) is 33.4 Å². The Morgan fingerprint density at radius 3 is 1.96 bits per heavy atom. The maximum Gasteiger partial charge on any atom is 0.331 e. The normalized spacial score (nSPS) is 21.4. The largest absolute Gasteiger partial charge is 0.478 e. The molecule has 2 aliphatic heterocycles. The van der Waals surface area contributed by atoms with E-state index >= 15 is 0 Å². The fourth-order valence-electron chi connectivity index (χ4n) is 1.31. The molecule has 10 heteroatoms. The summed E-state index contributed by atoms with van der Waals surface area (Å²) in [6.07, 6.45) is 2.37. The van der Waals surface area contributed by atoms with Crippen LogP contribution in [0.3, 0.4) is 0 Å². The maximum absolute atomic E-state index is 10.7. The molecule has 0 aromatic heterocycles. The van der Waals surface area contributed by atoms with Gasteiger partial charge in [0, 0.05) is 30.2 Å². The highest BCUT2D eigenvalue weighted by molar-refractivity contribution is 5.94. The van der Waals surface area contributed by atoms with Crippen molar-refractivity contribution < 1.29 is 48.7 Å². The van der Waals surface area contributed by atoms with Gasteiger partial charge in [-0.1, -0.05) is 0 Å². The Hall–Kier alpha value is -2.72. The van der Waals surface area contributed by atoms with Crippen LogP contribution in [0.15, 0.2) is 23.8 Å². The highest BCUT2D eigenvalue weighted by Gasteiger charge is 2.26. The van der Waals surface area contributed by atoms with Gasteiger partial charge >= 0.3 is 23.9 Å². The zero-order valence-electron chi connectivity index (χ0n) is 12.4. The van der Waals surface area contributed by atoms with Crippen LogP contribution < -0.4 is 0 Å². The van der Waals surface area contributed by atoms with Crippen molar-refractivity contribution in [1.29, 1.82) is 0 Å². The number of aliphatic carboxylic acids is 3. The number of carboxylic acids is 3. The van der Waals surface area contributed by atoms with Crippen LogP contribution in [0.5, 0.6) is 0 Å². The minimum atomic E-state index is -1.24. The molecule has 3 N–H and O–H groups in total. The summed E-state index contributed by atoms with van der Waals surface area (Å²) >= 11 is 0. The molecule has 0 bridgehead atoms. The van der Waals surface area contributed by atoms with Gasteiger partial charge in [0.1, 0.15) is 12.7 Å². The quantitative estimate of drug-likeness (QED) is 0.295. The van der Waals surface area contributed by atoms with E-state index in [0.29, 0.717) is 19.3 Å². The Morgan fingerprint density at radius 2 is 1.54 bits per heavy atom. The van der Waals surface area contributed by atoms with E-state index in [2.05, 4.69) is 4.74 Å². The molecule has 2 heterocycles. The molecule has 24 heavy (non-hydrogen) atoms. The molecule has 0 radical (unpaired) electrons. The second-order valence-corrected chi connectivity index (χ2v) is 4.73. The molecule has 132 valence electrons. The molecule has 2 unspecified atom stereocenters. The Labute approximate surface area is 135 Å². The average molecular weight is 344 g/mol. The second-order valence-electron chi connectivity index (χ2n) is 4.73. The van der Waals surface area contributed by atoms with E-state index in [1.54, 1.807) is 0 Å². The lowest BCUT2D eigenvalue weighted by Crippen LogP contribution is -2.07. The number of hydrogen-bond acceptors (Lipinski definition) is 7. The zero-order valence-corrected chi connectivity index (χ0v) is 12.4. The van der Waals surface area contributed by atoms with Crippen LogP contribution in [0.1, 0.15) is 6.42 Å². The molecule has 0 amide bonds. The fourth-order valence-corrected chi connectivity index (χ4v) is 1.31. The van der Waals surface area contributed by atoms with E-state index in [-0.39, 0.29) is 30.8 Å². The van der Waals surface area contributed by atoms with E-state index in [0.717, 1.165) is 12.2 Å². The minimum absolute atomic E-state index is 0.00665. The van der Waals surface area contributed by atoms with Crippen molar-refractivity contribution in [3.8, 4) is 0 Å². The third-order valence-electron chi connectivity index (χ3n) is 2.60. The summed E-state index contributed by atoms with van der Waals surface area (Å²) in [5, 5.41) is 24.9. The Balaban J connectivity index is 0.000000240. The first-order valence-corrected chi connectivity index (χ1v) is 6.75. The molecular weight excluding hydrogens is 328 g/mol. The number of epoxide rings is 2. The number of hydrogen-bond donors (Lipinski definition) is 3. The molecule has 0 aliphatic carbocycles. The SMILES string of the molecule is O=C(O)/C=C(/CC1CO1)C(=O)O.O=C(O)C=CC(=O)OCC1CO1. The van der Waals surface area contributed by atoms with Crippen LogP contribution in [0.2, 0.25) is 0 Å². The number of rotatable bonds is 8. The number of ether oxygens (including phenoxy) is 3. The van der Waals surface area contributed by atoms with Crippen LogP contribution in [0.25, 0.3) is 0 Å². The van der Waals surface area contributed by atoms with Crippen LogP contribution in [0, 0.1) is 0 Å². The number of carboxylic acid groups (broad SMARTS) is 3. The topological polar surface area (TPSA) is 163 Å². The Morgan fingerprint density at radius 1 is 0.958 bits per heavy atom. The van der Waals surface area contributed by atoms with Gasteiger partial charge in [0.2, 0.25) is 0 Å². The third kappa shape index (κ3) is 10.1. The molecule has 10 nitrogen and oxygen atoms in total. The first-order chi connectivity index (χ1) is 11.3. The molecule has 0 spiro atoms. The van der Waals surface area contributed by atoms with Crippen molar-refractivity contribution in [3.63, 3.8) is 0 Å². The lowest BCUT2D eigenvalue weighted by Gasteiger charge is -1.95. The molecule has 0 saturated carbocycles. The fraction of sp³-hybridized carbons (Fsp3) is 0.429. The van der Waals surface area contributed by atoms with Gasteiger partial charge in [-0.2, -0.15) is 0 Å². The van der Waals surface area contributed by atoms with Crippen LogP contribution >= 0.6 is 0 Å². The van der Waals surface area contributed by atoms with Gasteiger partial charge in [-0.25, -0.2) is 19.2 Å². The standard InChI is InChI=1S/2C7H8O5/c8-6(9)2-4(7(10)11)1-5-3-12-5;8-6(9)1-2-7(10)12-4-5-3-11-5/h2,5H,1,3H2,(H,8,9)(H,10,11);1-2,5H,3-4H2,(H,8,9)/b4-2-;. The molecule has 2 fully saturated rings. The Kier molecular flexibility index (Phi) is 7.59. The van der Waals surface area contributed by atoms with E-state index in [4.69, 9.17) is 24.8 Å². The maximum atomic E-state index is 10.7. The first-order valence-electron chi connectivity index (χ1n) is 6.75. The first kappa shape index (κ1) is 19.3. The number of carbonyl (C=O) groups excluding carboxylic acids is 1. The predicted octanol–water partition coefficient (Wildman–Crippen LogP) is -0.560. The molecule has 2 saturated heterocycles. The Bertz CT molecular complexity index is 552. The van der Waals surface area contributed by atoms with Gasteiger partial charge in [0.25, 0.3) is 0 Å². The smallest absolute Gasteiger partial charge is 0.331 e. The monoisotopic (exact) mass is 344 g/mol. The van der Waals surface area contributed by atoms with Gasteiger partial charge in [0.15, 0.2) is 0 Å². The second kappa shape index (κ2) is 9.43. The van der Waals surface area contributed by atoms with E-state index in [9.17, 15) is 19.2 Å². The van der Waals surface area contributed by atoms with Gasteiger partial charge in [-0.15, -0.1) is 0 Å². The highest BCUT2D eigenvalue weighted by Crippen LogP contribution is 2.18. The van der Waals surface area contributed by atoms with Crippen molar-refractivity contribution in [3.05, 3.63) is 23.8 Å². The van der Waals surface area contributed by atoms with Crippen molar-refractivity contribution in [2.45, 2.75) is 18.6 Å². The summed E-state index contributed by atoms with van der Waals surface area (Å²) in [5.74, 6) is -4.27. The number of carbonyl (C=O) groups is 4. The van der Waals surface area contributed by atoms with Gasteiger partial charge in [-0.05, 0) is 0 Å². The molecule has 0 aromatic rings. The molecule has 2 atom stereocenters. The average Bonchev–Trinajstić information content (AvgIpc) is 3.36. The lowest BCUT2D eigenvalue weighted by atomic mass is 10.1. The van der Waals surface area contributed by atoms with E-state index in [1.165, 1.54) is 0 Å². The molecule has 0 aromatic carbocycles. The van der Waals surface area contributed by atoms with Crippen molar-refractivity contribution in [1.82, 2.24) is 0 Å². The van der Waals surface area contributed by atoms with Gasteiger partial charge in [-0.3, -0.25) is 0 Å². The van der Waals surface area contributed by atoms with E-state index < -0.39 is 23.9 Å². The van der Waals surface area contributed by atoms with Gasteiger partial charge < -0.3 is 29.5 Å². The summed E-state index contributed by atoms with van der Waals surface area (Å²) < 4.78 is 14.1. The zero-order chi connectivity index (χ0) is 18.1. The summed E-state index contributed by atoms with van der Waals surface area (Å²) in [5.41, 5.74) is -0.120. The highest BCUT2D eigenvalue weighted by atomic mass is 16.6. The number of esters is 1. The van der Waals surface area contributed by atoms with Crippen LogP contribution in [0.4, 0.5) is 0 Å². The predicted molar refractivity (Wildman–Crippen MR) is 75.2 cm³/mol. The molecule has 2 rings (SSSR count). The van der Waals surface area contributed by atoms with Crippen molar-refractivity contribution >= 4 is 23.9 Å². The van der Waals surface area contributed by atoms with Gasteiger partial charge in [0.05, 0.1) is 19.3 Å². The lowest BCUT2D eigenvalue weighted by molar-refractivity contribution is -0.139. The van der Waals surface area contributed by atoms with Crippen LogP contribution in [-0.4, -0.2) is 71.2 Å². The van der Waals surface area contributed by atoms with E-state index in [1.807, 2.05) is 0 Å². The summed E-state index contributed by atoms with van der Waals surface area (Å²) in [6, 6.07) is 0. The van der Waals surface area contributed by atoms with Crippen molar-refractivity contribution in [2.24, 2.45) is 0 Å². The third-order valence-corrected chi connectivity index (χ3v) is 2.60. The minimum Gasteiger partial charge on any atom is -0.478 e.